The second kappa shape index (κ2) is 10.9. The van der Waals surface area contributed by atoms with Crippen molar-refractivity contribution in [3.05, 3.63) is 59.7 Å². The van der Waals surface area contributed by atoms with Gasteiger partial charge in [-0.1, -0.05) is 62.4 Å². The van der Waals surface area contributed by atoms with E-state index in [1.54, 1.807) is 4.90 Å². The molecule has 4 rings (SSSR count). The standard InChI is InChI=1S/C28H34N2O5/c1-18(2)15-25(27(33)30-14-8-7-9-19(30)16-26(31)32)29-28(34)35-17-24-22-12-5-3-10-20(22)21-11-4-6-13-23(21)24/h3-6,10-13,18-19,24-25H,7-9,14-17H2,1-2H3,(H,29,34)(H,31,32)/t19-,25?/m1/s1. The van der Waals surface area contributed by atoms with Gasteiger partial charge in [0.15, 0.2) is 0 Å². The summed E-state index contributed by atoms with van der Waals surface area (Å²) in [5.74, 6) is -1.03. The maximum absolute atomic E-state index is 13.4. The Labute approximate surface area is 206 Å². The lowest BCUT2D eigenvalue weighted by Crippen LogP contribution is -2.54. The van der Waals surface area contributed by atoms with Crippen LogP contribution in [-0.4, -0.2) is 53.2 Å². The number of piperidine rings is 1. The lowest BCUT2D eigenvalue weighted by Gasteiger charge is -2.37. The highest BCUT2D eigenvalue weighted by Crippen LogP contribution is 2.44. The molecule has 2 amide bonds. The smallest absolute Gasteiger partial charge is 0.407 e. The molecule has 186 valence electrons. The third-order valence-electron chi connectivity index (χ3n) is 6.96. The summed E-state index contributed by atoms with van der Waals surface area (Å²) in [6.07, 6.45) is 2.15. The molecule has 0 radical (unpaired) electrons. The van der Waals surface area contributed by atoms with Crippen LogP contribution in [0.3, 0.4) is 0 Å². The molecule has 0 spiro atoms. The first-order valence-corrected chi connectivity index (χ1v) is 12.5. The summed E-state index contributed by atoms with van der Waals surface area (Å²) in [4.78, 5) is 39.2. The molecule has 2 atom stereocenters. The summed E-state index contributed by atoms with van der Waals surface area (Å²) in [6, 6.07) is 15.2. The van der Waals surface area contributed by atoms with E-state index in [-0.39, 0.29) is 36.8 Å². The van der Waals surface area contributed by atoms with Gasteiger partial charge in [0.2, 0.25) is 5.91 Å². The van der Waals surface area contributed by atoms with E-state index in [1.165, 1.54) is 0 Å². The molecule has 7 heteroatoms. The topological polar surface area (TPSA) is 95.9 Å². The maximum Gasteiger partial charge on any atom is 0.407 e. The number of hydrogen-bond donors (Lipinski definition) is 2. The van der Waals surface area contributed by atoms with Crippen LogP contribution in [0.1, 0.15) is 63.0 Å². The SMILES string of the molecule is CC(C)CC(NC(=O)OCC1c2ccccc2-c2ccccc21)C(=O)N1CCCC[C@@H]1CC(=O)O. The van der Waals surface area contributed by atoms with E-state index in [2.05, 4.69) is 29.6 Å². The van der Waals surface area contributed by atoms with Gasteiger partial charge in [-0.15, -0.1) is 0 Å². The fourth-order valence-electron chi connectivity index (χ4n) is 5.38. The predicted molar refractivity (Wildman–Crippen MR) is 133 cm³/mol. The molecule has 2 aromatic rings. The van der Waals surface area contributed by atoms with Crippen LogP contribution < -0.4 is 5.32 Å². The Balaban J connectivity index is 1.44. The molecule has 0 saturated carbocycles. The van der Waals surface area contributed by atoms with E-state index in [4.69, 9.17) is 4.74 Å². The number of aliphatic carboxylic acids is 1. The first-order chi connectivity index (χ1) is 16.8. The molecule has 1 aliphatic heterocycles. The number of carboxylic acids is 1. The summed E-state index contributed by atoms with van der Waals surface area (Å²) < 4.78 is 5.67. The van der Waals surface area contributed by atoms with Crippen LogP contribution in [0.5, 0.6) is 0 Å². The van der Waals surface area contributed by atoms with Crippen LogP contribution >= 0.6 is 0 Å². The third kappa shape index (κ3) is 5.66. The number of nitrogens with one attached hydrogen (secondary N) is 1. The van der Waals surface area contributed by atoms with Gasteiger partial charge >= 0.3 is 12.1 Å². The summed E-state index contributed by atoms with van der Waals surface area (Å²) in [7, 11) is 0. The van der Waals surface area contributed by atoms with Crippen molar-refractivity contribution in [1.82, 2.24) is 10.2 Å². The maximum atomic E-state index is 13.4. The van der Waals surface area contributed by atoms with Gasteiger partial charge in [-0.2, -0.15) is 0 Å². The average Bonchev–Trinajstić information content (AvgIpc) is 3.15. The van der Waals surface area contributed by atoms with E-state index >= 15 is 0 Å². The van der Waals surface area contributed by atoms with E-state index in [0.717, 1.165) is 35.1 Å². The monoisotopic (exact) mass is 478 g/mol. The van der Waals surface area contributed by atoms with Crippen molar-refractivity contribution in [3.63, 3.8) is 0 Å². The fourth-order valence-corrected chi connectivity index (χ4v) is 5.38. The minimum Gasteiger partial charge on any atom is -0.481 e. The van der Waals surface area contributed by atoms with Gasteiger partial charge in [-0.3, -0.25) is 9.59 Å². The molecule has 2 N–H and O–H groups in total. The van der Waals surface area contributed by atoms with Crippen molar-refractivity contribution in [1.29, 1.82) is 0 Å². The zero-order valence-corrected chi connectivity index (χ0v) is 20.4. The number of carbonyl (C=O) groups excluding carboxylic acids is 2. The Morgan fingerprint density at radius 3 is 2.26 bits per heavy atom. The van der Waals surface area contributed by atoms with Crippen LogP contribution in [0.15, 0.2) is 48.5 Å². The van der Waals surface area contributed by atoms with E-state index < -0.39 is 18.1 Å². The lowest BCUT2D eigenvalue weighted by atomic mass is 9.96. The van der Waals surface area contributed by atoms with Gasteiger partial charge in [0.1, 0.15) is 12.6 Å². The van der Waals surface area contributed by atoms with Crippen molar-refractivity contribution in [2.45, 2.75) is 64.0 Å². The molecule has 0 aromatic heterocycles. The van der Waals surface area contributed by atoms with Crippen molar-refractivity contribution < 1.29 is 24.2 Å². The lowest BCUT2D eigenvalue weighted by molar-refractivity contribution is -0.143. The first-order valence-electron chi connectivity index (χ1n) is 12.5. The second-order valence-electron chi connectivity index (χ2n) is 9.93. The van der Waals surface area contributed by atoms with E-state index in [0.29, 0.717) is 19.4 Å². The number of benzene rings is 2. The van der Waals surface area contributed by atoms with Crippen LogP contribution in [0.2, 0.25) is 0 Å². The number of carboxylic acid groups (broad SMARTS) is 1. The third-order valence-corrected chi connectivity index (χ3v) is 6.96. The normalized spacial score (nSPS) is 18.0. The Morgan fingerprint density at radius 2 is 1.66 bits per heavy atom. The molecule has 2 aliphatic rings. The number of nitrogens with zero attached hydrogens (tertiary/aromatic N) is 1. The van der Waals surface area contributed by atoms with Crippen LogP contribution in [0.4, 0.5) is 4.79 Å². The molecule has 1 aliphatic carbocycles. The Hall–Kier alpha value is -3.35. The number of amides is 2. The van der Waals surface area contributed by atoms with Gasteiger partial charge in [0, 0.05) is 18.5 Å². The van der Waals surface area contributed by atoms with Gasteiger partial charge < -0.3 is 20.1 Å². The van der Waals surface area contributed by atoms with Crippen molar-refractivity contribution >= 4 is 18.0 Å². The van der Waals surface area contributed by atoms with Gasteiger partial charge in [-0.25, -0.2) is 4.79 Å². The minimum absolute atomic E-state index is 0.0607. The van der Waals surface area contributed by atoms with Gasteiger partial charge in [0.25, 0.3) is 0 Å². The molecule has 2 aromatic carbocycles. The molecule has 35 heavy (non-hydrogen) atoms. The van der Waals surface area contributed by atoms with Crippen molar-refractivity contribution in [3.8, 4) is 11.1 Å². The largest absolute Gasteiger partial charge is 0.481 e. The summed E-state index contributed by atoms with van der Waals surface area (Å²) in [5, 5.41) is 12.1. The molecule has 1 unspecified atom stereocenters. The number of likely N-dealkylation sites (tertiary alicyclic amines) is 1. The summed E-state index contributed by atoms with van der Waals surface area (Å²) in [6.45, 7) is 4.67. The van der Waals surface area contributed by atoms with Crippen LogP contribution in [-0.2, 0) is 14.3 Å². The quantitative estimate of drug-likeness (QED) is 0.568. The number of alkyl carbamates (subject to hydrolysis) is 1. The Morgan fingerprint density at radius 1 is 1.03 bits per heavy atom. The number of carbonyl (C=O) groups is 3. The summed E-state index contributed by atoms with van der Waals surface area (Å²) >= 11 is 0. The predicted octanol–water partition coefficient (Wildman–Crippen LogP) is 4.80. The molecule has 1 fully saturated rings. The molecule has 7 nitrogen and oxygen atoms in total. The second-order valence-corrected chi connectivity index (χ2v) is 9.93. The van der Waals surface area contributed by atoms with E-state index in [9.17, 15) is 19.5 Å². The number of hydrogen-bond acceptors (Lipinski definition) is 4. The summed E-state index contributed by atoms with van der Waals surface area (Å²) in [5.41, 5.74) is 4.56. The highest BCUT2D eigenvalue weighted by atomic mass is 16.5. The van der Waals surface area contributed by atoms with Gasteiger partial charge in [-0.05, 0) is 53.9 Å². The molecular formula is C28H34N2O5. The van der Waals surface area contributed by atoms with Crippen molar-refractivity contribution in [2.24, 2.45) is 5.92 Å². The molecule has 1 saturated heterocycles. The highest BCUT2D eigenvalue weighted by Gasteiger charge is 2.35. The fraction of sp³-hybridized carbons (Fsp3) is 0.464. The minimum atomic E-state index is -0.917. The molecule has 1 heterocycles. The molecule has 0 bridgehead atoms. The zero-order valence-electron chi connectivity index (χ0n) is 20.4. The zero-order chi connectivity index (χ0) is 24.9. The number of ether oxygens (including phenoxy) is 1. The highest BCUT2D eigenvalue weighted by molar-refractivity contribution is 5.86. The number of rotatable bonds is 8. The Kier molecular flexibility index (Phi) is 7.73. The Bertz CT molecular complexity index is 1040. The first kappa shape index (κ1) is 24.8. The number of fused-ring (bicyclic) bond motifs is 3. The van der Waals surface area contributed by atoms with Crippen LogP contribution in [0.25, 0.3) is 11.1 Å². The molecular weight excluding hydrogens is 444 g/mol. The van der Waals surface area contributed by atoms with Crippen molar-refractivity contribution in [2.75, 3.05) is 13.2 Å². The van der Waals surface area contributed by atoms with Crippen LogP contribution in [0, 0.1) is 5.92 Å². The average molecular weight is 479 g/mol. The van der Waals surface area contributed by atoms with E-state index in [1.807, 2.05) is 38.1 Å². The van der Waals surface area contributed by atoms with Gasteiger partial charge in [0.05, 0.1) is 6.42 Å².